The summed E-state index contributed by atoms with van der Waals surface area (Å²) in [7, 11) is -3.57. The van der Waals surface area contributed by atoms with Gasteiger partial charge >= 0.3 is 0 Å². The van der Waals surface area contributed by atoms with E-state index in [0.29, 0.717) is 0 Å². The van der Waals surface area contributed by atoms with E-state index in [1.807, 2.05) is 6.07 Å². The molecule has 0 aliphatic rings. The summed E-state index contributed by atoms with van der Waals surface area (Å²) in [5.74, 6) is -2.36. The lowest BCUT2D eigenvalue weighted by Gasteiger charge is -2.06. The number of nitrogens with zero attached hydrogens (tertiary/aromatic N) is 1. The maximum absolute atomic E-state index is 13.2. The van der Waals surface area contributed by atoms with Crippen molar-refractivity contribution in [1.82, 2.24) is 0 Å². The number of para-hydroxylation sites is 1. The molecule has 7 heteroatoms. The second-order valence-electron chi connectivity index (χ2n) is 3.88. The van der Waals surface area contributed by atoms with Crippen LogP contribution in [0.5, 0.6) is 0 Å². The average Bonchev–Trinajstić information content (AvgIpc) is 2.31. The molecule has 0 saturated heterocycles. The summed E-state index contributed by atoms with van der Waals surface area (Å²) < 4.78 is 36.3. The van der Waals surface area contributed by atoms with Crippen molar-refractivity contribution in [1.29, 1.82) is 5.26 Å². The van der Waals surface area contributed by atoms with E-state index >= 15 is 0 Å². The zero-order valence-electron chi connectivity index (χ0n) is 10.1. The highest BCUT2D eigenvalue weighted by atomic mass is 32.2. The monoisotopic (exact) mass is 284 g/mol. The number of unbranched alkanes of at least 4 members (excludes halogenated alkanes) is 1. The van der Waals surface area contributed by atoms with Crippen molar-refractivity contribution in [3.05, 3.63) is 30.1 Å². The van der Waals surface area contributed by atoms with Crippen LogP contribution in [0, 0.1) is 17.1 Å². The Bertz CT molecular complexity index is 593. The first-order valence-corrected chi connectivity index (χ1v) is 7.38. The quantitative estimate of drug-likeness (QED) is 0.802. The van der Waals surface area contributed by atoms with E-state index in [2.05, 4.69) is 5.32 Å². The summed E-state index contributed by atoms with van der Waals surface area (Å²) in [6.07, 6.45) is 0.306. The maximum Gasteiger partial charge on any atom is 0.239 e. The van der Waals surface area contributed by atoms with Crippen LogP contribution in [-0.4, -0.2) is 25.8 Å². The molecule has 5 nitrogen and oxygen atoms in total. The van der Waals surface area contributed by atoms with Crippen LogP contribution in [0.15, 0.2) is 24.3 Å². The Morgan fingerprint density at radius 1 is 1.37 bits per heavy atom. The van der Waals surface area contributed by atoms with E-state index in [9.17, 15) is 17.6 Å². The minimum Gasteiger partial charge on any atom is -0.323 e. The number of halogens is 1. The van der Waals surface area contributed by atoms with Crippen molar-refractivity contribution in [3.63, 3.8) is 0 Å². The lowest BCUT2D eigenvalue weighted by molar-refractivity contribution is -0.113. The van der Waals surface area contributed by atoms with E-state index in [-0.39, 0.29) is 24.3 Å². The Balaban J connectivity index is 2.56. The standard InChI is InChI=1S/C12H13FN2O3S/c13-10-5-1-2-6-11(10)15-12(16)9-19(17,18)8-4-3-7-14/h1-2,5-6H,3-4,8-9H2,(H,15,16). The molecule has 102 valence electrons. The molecule has 0 bridgehead atoms. The molecule has 0 unspecified atom stereocenters. The van der Waals surface area contributed by atoms with Crippen molar-refractivity contribution in [2.75, 3.05) is 16.8 Å². The number of nitriles is 1. The summed E-state index contributed by atoms with van der Waals surface area (Å²) in [4.78, 5) is 11.5. The number of carbonyl (C=O) groups is 1. The number of hydrogen-bond acceptors (Lipinski definition) is 4. The van der Waals surface area contributed by atoms with Gasteiger partial charge in [-0.05, 0) is 18.6 Å². The van der Waals surface area contributed by atoms with Crippen LogP contribution in [-0.2, 0) is 14.6 Å². The molecule has 0 aliphatic heterocycles. The predicted octanol–water partition coefficient (Wildman–Crippen LogP) is 1.48. The molecule has 1 amide bonds. The molecule has 1 N–H and O–H groups in total. The molecule has 0 atom stereocenters. The fourth-order valence-corrected chi connectivity index (χ4v) is 2.59. The first-order chi connectivity index (χ1) is 8.94. The molecular weight excluding hydrogens is 271 g/mol. The number of anilines is 1. The van der Waals surface area contributed by atoms with Crippen molar-refractivity contribution in [3.8, 4) is 6.07 Å². The van der Waals surface area contributed by atoms with Crippen molar-refractivity contribution in [2.45, 2.75) is 12.8 Å². The van der Waals surface area contributed by atoms with Crippen LogP contribution in [0.25, 0.3) is 0 Å². The molecule has 0 fully saturated rings. The topological polar surface area (TPSA) is 87.0 Å². The van der Waals surface area contributed by atoms with Crippen LogP contribution in [0.4, 0.5) is 10.1 Å². The van der Waals surface area contributed by atoms with E-state index in [0.717, 1.165) is 6.07 Å². The van der Waals surface area contributed by atoms with Gasteiger partial charge in [0.2, 0.25) is 5.91 Å². The fraction of sp³-hybridized carbons (Fsp3) is 0.333. The van der Waals surface area contributed by atoms with Gasteiger partial charge in [0.1, 0.15) is 11.6 Å². The highest BCUT2D eigenvalue weighted by molar-refractivity contribution is 7.92. The maximum atomic E-state index is 13.2. The summed E-state index contributed by atoms with van der Waals surface area (Å²) >= 11 is 0. The average molecular weight is 284 g/mol. The first kappa shape index (κ1) is 15.1. The van der Waals surface area contributed by atoms with E-state index in [4.69, 9.17) is 5.26 Å². The Kier molecular flexibility index (Phi) is 5.45. The SMILES string of the molecule is N#CCCCS(=O)(=O)CC(=O)Nc1ccccc1F. The van der Waals surface area contributed by atoms with Gasteiger partial charge in [0.25, 0.3) is 0 Å². The zero-order valence-corrected chi connectivity index (χ0v) is 10.9. The van der Waals surface area contributed by atoms with Crippen LogP contribution < -0.4 is 5.32 Å². The van der Waals surface area contributed by atoms with Gasteiger partial charge in [0, 0.05) is 6.42 Å². The Hall–Kier alpha value is -1.94. The lowest BCUT2D eigenvalue weighted by Crippen LogP contribution is -2.25. The molecule has 19 heavy (non-hydrogen) atoms. The third kappa shape index (κ3) is 5.48. The molecule has 1 rings (SSSR count). The Morgan fingerprint density at radius 3 is 2.68 bits per heavy atom. The van der Waals surface area contributed by atoms with E-state index < -0.39 is 27.3 Å². The summed E-state index contributed by atoms with van der Waals surface area (Å²) in [5.41, 5.74) is -0.0558. The van der Waals surface area contributed by atoms with Crippen LogP contribution in [0.2, 0.25) is 0 Å². The smallest absolute Gasteiger partial charge is 0.239 e. The van der Waals surface area contributed by atoms with Gasteiger partial charge in [-0.1, -0.05) is 12.1 Å². The number of rotatable bonds is 6. The van der Waals surface area contributed by atoms with Gasteiger partial charge in [-0.3, -0.25) is 4.79 Å². The number of sulfone groups is 1. The minimum atomic E-state index is -3.57. The number of amides is 1. The molecule has 1 aromatic carbocycles. The number of nitrogens with one attached hydrogen (secondary N) is 1. The molecular formula is C12H13FN2O3S. The van der Waals surface area contributed by atoms with Gasteiger partial charge in [-0.15, -0.1) is 0 Å². The van der Waals surface area contributed by atoms with Crippen molar-refractivity contribution < 1.29 is 17.6 Å². The highest BCUT2D eigenvalue weighted by Crippen LogP contribution is 2.12. The zero-order chi connectivity index (χ0) is 14.3. The van der Waals surface area contributed by atoms with Gasteiger partial charge in [0.15, 0.2) is 9.84 Å². The van der Waals surface area contributed by atoms with Gasteiger partial charge < -0.3 is 5.32 Å². The summed E-state index contributed by atoms with van der Waals surface area (Å²) in [6, 6.07) is 7.32. The Morgan fingerprint density at radius 2 is 2.05 bits per heavy atom. The molecule has 0 aromatic heterocycles. The molecule has 0 heterocycles. The number of benzene rings is 1. The Labute approximate surface area is 111 Å². The van der Waals surface area contributed by atoms with Gasteiger partial charge in [-0.2, -0.15) is 5.26 Å². The predicted molar refractivity (Wildman–Crippen MR) is 68.5 cm³/mol. The second kappa shape index (κ2) is 6.85. The second-order valence-corrected chi connectivity index (χ2v) is 6.07. The van der Waals surface area contributed by atoms with Crippen molar-refractivity contribution in [2.24, 2.45) is 0 Å². The normalized spacial score (nSPS) is 10.7. The molecule has 1 aromatic rings. The van der Waals surface area contributed by atoms with E-state index in [1.165, 1.54) is 18.2 Å². The van der Waals surface area contributed by atoms with Crippen LogP contribution in [0.3, 0.4) is 0 Å². The number of carbonyl (C=O) groups excluding carboxylic acids is 1. The van der Waals surface area contributed by atoms with Crippen LogP contribution in [0.1, 0.15) is 12.8 Å². The van der Waals surface area contributed by atoms with E-state index in [1.54, 1.807) is 0 Å². The molecule has 0 saturated carbocycles. The third-order valence-electron chi connectivity index (χ3n) is 2.24. The molecule has 0 radical (unpaired) electrons. The van der Waals surface area contributed by atoms with Gasteiger partial charge in [-0.25, -0.2) is 12.8 Å². The fourth-order valence-electron chi connectivity index (χ4n) is 1.39. The van der Waals surface area contributed by atoms with Gasteiger partial charge in [0.05, 0.1) is 17.5 Å². The summed E-state index contributed by atoms with van der Waals surface area (Å²) in [6.45, 7) is 0. The minimum absolute atomic E-state index is 0.0558. The largest absolute Gasteiger partial charge is 0.323 e. The first-order valence-electron chi connectivity index (χ1n) is 5.56. The lowest BCUT2D eigenvalue weighted by atomic mass is 10.3. The highest BCUT2D eigenvalue weighted by Gasteiger charge is 2.17. The number of hydrogen-bond donors (Lipinski definition) is 1. The third-order valence-corrected chi connectivity index (χ3v) is 3.86. The molecule has 0 aliphatic carbocycles. The van der Waals surface area contributed by atoms with Crippen molar-refractivity contribution >= 4 is 21.4 Å². The summed E-state index contributed by atoms with van der Waals surface area (Å²) in [5, 5.41) is 10.5. The molecule has 0 spiro atoms. The van der Waals surface area contributed by atoms with Crippen LogP contribution >= 0.6 is 0 Å².